The molecule has 0 aliphatic carbocycles. The molecule has 0 aliphatic rings. The van der Waals surface area contributed by atoms with Crippen LogP contribution in [0.1, 0.15) is 17.0 Å². The molecule has 4 rings (SSSR count). The van der Waals surface area contributed by atoms with Gasteiger partial charge >= 0.3 is 12.4 Å². The van der Waals surface area contributed by atoms with E-state index in [0.29, 0.717) is 17.7 Å². The standard InChI is InChI=1S/C24H15F6N3O4/c25-23(26,27)22(35,24(28,29)30)15-6-8-16(9-7-15)32-20(12-14-4-2-1-3-5-14)31-19-11-10-17(33(36)37)13-18(19)21(32)34/h1-11,13,35H,12H2. The van der Waals surface area contributed by atoms with E-state index in [4.69, 9.17) is 0 Å². The second kappa shape index (κ2) is 9.00. The number of alkyl halides is 6. The summed E-state index contributed by atoms with van der Waals surface area (Å²) in [5.74, 6) is 0.0761. The molecule has 0 radical (unpaired) electrons. The molecular formula is C24H15F6N3O4. The average Bonchev–Trinajstić information content (AvgIpc) is 2.83. The Bertz CT molecular complexity index is 1520. The van der Waals surface area contributed by atoms with Crippen molar-refractivity contribution >= 4 is 16.6 Å². The van der Waals surface area contributed by atoms with E-state index in [9.17, 15) is 46.4 Å². The molecule has 4 aromatic rings. The van der Waals surface area contributed by atoms with Crippen LogP contribution in [0.4, 0.5) is 32.0 Å². The zero-order valence-corrected chi connectivity index (χ0v) is 18.4. The van der Waals surface area contributed by atoms with E-state index in [1.807, 2.05) is 0 Å². The Morgan fingerprint density at radius 2 is 1.49 bits per heavy atom. The highest BCUT2D eigenvalue weighted by Gasteiger charge is 2.71. The van der Waals surface area contributed by atoms with Crippen LogP contribution in [0.3, 0.4) is 0 Å². The van der Waals surface area contributed by atoms with Crippen LogP contribution in [0.2, 0.25) is 0 Å². The molecule has 13 heteroatoms. The van der Waals surface area contributed by atoms with Gasteiger partial charge < -0.3 is 5.11 Å². The maximum Gasteiger partial charge on any atom is 0.430 e. The van der Waals surface area contributed by atoms with Gasteiger partial charge in [-0.1, -0.05) is 42.5 Å². The van der Waals surface area contributed by atoms with Crippen LogP contribution in [0.15, 0.2) is 77.6 Å². The van der Waals surface area contributed by atoms with Crippen LogP contribution in [0.25, 0.3) is 16.6 Å². The first-order chi connectivity index (χ1) is 17.2. The molecule has 0 unspecified atom stereocenters. The van der Waals surface area contributed by atoms with Crippen LogP contribution in [-0.2, 0) is 12.0 Å². The molecule has 7 nitrogen and oxygen atoms in total. The molecule has 3 aromatic carbocycles. The summed E-state index contributed by atoms with van der Waals surface area (Å²) >= 11 is 0. The fourth-order valence-electron chi connectivity index (χ4n) is 3.84. The van der Waals surface area contributed by atoms with E-state index in [0.717, 1.165) is 28.8 Å². The minimum atomic E-state index is -6.08. The van der Waals surface area contributed by atoms with Crippen molar-refractivity contribution in [1.82, 2.24) is 9.55 Å². The van der Waals surface area contributed by atoms with Crippen LogP contribution < -0.4 is 5.56 Å². The Kier molecular flexibility index (Phi) is 6.28. The Morgan fingerprint density at radius 1 is 0.892 bits per heavy atom. The third kappa shape index (κ3) is 4.53. The molecular weight excluding hydrogens is 508 g/mol. The Hall–Kier alpha value is -4.26. The number of rotatable bonds is 5. The van der Waals surface area contributed by atoms with Crippen LogP contribution in [0.5, 0.6) is 0 Å². The molecule has 0 atom stereocenters. The summed E-state index contributed by atoms with van der Waals surface area (Å²) in [6.07, 6.45) is -12.1. The molecule has 0 aliphatic heterocycles. The number of nitrogens with zero attached hydrogens (tertiary/aromatic N) is 3. The van der Waals surface area contributed by atoms with E-state index in [2.05, 4.69) is 4.98 Å². The van der Waals surface area contributed by atoms with Gasteiger partial charge in [0.2, 0.25) is 0 Å². The summed E-state index contributed by atoms with van der Waals surface area (Å²) < 4.78 is 80.6. The molecule has 1 aromatic heterocycles. The van der Waals surface area contributed by atoms with E-state index >= 15 is 0 Å². The summed E-state index contributed by atoms with van der Waals surface area (Å²) in [4.78, 5) is 28.2. The minimum absolute atomic E-state index is 0.0415. The van der Waals surface area contributed by atoms with Crippen molar-refractivity contribution in [3.05, 3.63) is 110 Å². The Balaban J connectivity index is 1.93. The highest BCUT2D eigenvalue weighted by Crippen LogP contribution is 2.50. The molecule has 1 heterocycles. The number of fused-ring (bicyclic) bond motifs is 1. The van der Waals surface area contributed by atoms with Crippen molar-refractivity contribution in [2.45, 2.75) is 24.4 Å². The van der Waals surface area contributed by atoms with E-state index in [-0.39, 0.29) is 28.8 Å². The second-order valence-corrected chi connectivity index (χ2v) is 8.04. The quantitative estimate of drug-likeness (QED) is 0.220. The van der Waals surface area contributed by atoms with Crippen molar-refractivity contribution in [2.24, 2.45) is 0 Å². The van der Waals surface area contributed by atoms with Crippen molar-refractivity contribution in [1.29, 1.82) is 0 Å². The monoisotopic (exact) mass is 523 g/mol. The lowest BCUT2D eigenvalue weighted by Crippen LogP contribution is -2.53. The van der Waals surface area contributed by atoms with Gasteiger partial charge in [0, 0.05) is 24.1 Å². The van der Waals surface area contributed by atoms with Gasteiger partial charge in [0.1, 0.15) is 5.82 Å². The lowest BCUT2D eigenvalue weighted by atomic mass is 9.92. The number of halogens is 6. The van der Waals surface area contributed by atoms with Crippen LogP contribution in [0, 0.1) is 10.1 Å². The molecule has 0 saturated heterocycles. The number of nitro groups is 1. The summed E-state index contributed by atoms with van der Waals surface area (Å²) in [6, 6.07) is 14.4. The van der Waals surface area contributed by atoms with E-state index in [1.165, 1.54) is 6.07 Å². The summed E-state index contributed by atoms with van der Waals surface area (Å²) in [5, 5.41) is 20.6. The number of hydrogen-bond acceptors (Lipinski definition) is 5. The SMILES string of the molecule is O=c1c2cc([N+](=O)[O-])ccc2nc(Cc2ccccc2)n1-c1ccc(C(O)(C(F)(F)F)C(F)(F)F)cc1. The predicted molar refractivity (Wildman–Crippen MR) is 119 cm³/mol. The van der Waals surface area contributed by atoms with Gasteiger partial charge in [0.25, 0.3) is 16.8 Å². The lowest BCUT2D eigenvalue weighted by molar-refractivity contribution is -0.384. The Labute approximate surface area is 203 Å². The normalized spacial score (nSPS) is 12.6. The molecule has 192 valence electrons. The molecule has 37 heavy (non-hydrogen) atoms. The smallest absolute Gasteiger partial charge is 0.369 e. The molecule has 0 fully saturated rings. The Morgan fingerprint density at radius 3 is 2.03 bits per heavy atom. The van der Waals surface area contributed by atoms with Crippen molar-refractivity contribution in [3.63, 3.8) is 0 Å². The highest BCUT2D eigenvalue weighted by atomic mass is 19.4. The van der Waals surface area contributed by atoms with Crippen molar-refractivity contribution < 1.29 is 36.4 Å². The average molecular weight is 523 g/mol. The van der Waals surface area contributed by atoms with Gasteiger partial charge in [-0.3, -0.25) is 19.5 Å². The van der Waals surface area contributed by atoms with Gasteiger partial charge in [-0.15, -0.1) is 0 Å². The second-order valence-electron chi connectivity index (χ2n) is 8.04. The lowest BCUT2D eigenvalue weighted by Gasteiger charge is -2.32. The summed E-state index contributed by atoms with van der Waals surface area (Å²) in [5.41, 5.74) is -7.25. The molecule has 0 spiro atoms. The first kappa shape index (κ1) is 25.8. The minimum Gasteiger partial charge on any atom is -0.369 e. The fourth-order valence-corrected chi connectivity index (χ4v) is 3.84. The third-order valence-electron chi connectivity index (χ3n) is 5.70. The number of aliphatic hydroxyl groups is 1. The van der Waals surface area contributed by atoms with Crippen LogP contribution in [-0.4, -0.2) is 31.9 Å². The molecule has 0 amide bonds. The van der Waals surface area contributed by atoms with Crippen molar-refractivity contribution in [2.75, 3.05) is 0 Å². The number of aromatic nitrogens is 2. The third-order valence-corrected chi connectivity index (χ3v) is 5.70. The van der Waals surface area contributed by atoms with Crippen LogP contribution >= 0.6 is 0 Å². The topological polar surface area (TPSA) is 98.3 Å². The first-order valence-corrected chi connectivity index (χ1v) is 10.4. The number of hydrogen-bond donors (Lipinski definition) is 1. The van der Waals surface area contributed by atoms with Gasteiger partial charge in [-0.05, 0) is 23.8 Å². The maximum absolute atomic E-state index is 13.4. The predicted octanol–water partition coefficient (Wildman–Crippen LogP) is 5.20. The summed E-state index contributed by atoms with van der Waals surface area (Å²) in [7, 11) is 0. The number of non-ortho nitro benzene ring substituents is 1. The molecule has 0 saturated carbocycles. The zero-order chi connectivity index (χ0) is 27.2. The summed E-state index contributed by atoms with van der Waals surface area (Å²) in [6.45, 7) is 0. The van der Waals surface area contributed by atoms with E-state index in [1.54, 1.807) is 30.3 Å². The first-order valence-electron chi connectivity index (χ1n) is 10.4. The van der Waals surface area contributed by atoms with E-state index < -0.39 is 39.7 Å². The van der Waals surface area contributed by atoms with Gasteiger partial charge in [-0.25, -0.2) is 4.98 Å². The zero-order valence-electron chi connectivity index (χ0n) is 18.4. The number of benzene rings is 3. The fraction of sp³-hybridized carbons (Fsp3) is 0.167. The van der Waals surface area contributed by atoms with Gasteiger partial charge in [-0.2, -0.15) is 26.3 Å². The highest BCUT2D eigenvalue weighted by molar-refractivity contribution is 5.80. The molecule has 0 bridgehead atoms. The maximum atomic E-state index is 13.4. The van der Waals surface area contributed by atoms with Gasteiger partial charge in [0.15, 0.2) is 0 Å². The molecule has 1 N–H and O–H groups in total. The van der Waals surface area contributed by atoms with Gasteiger partial charge in [0.05, 0.1) is 21.5 Å². The van der Waals surface area contributed by atoms with Crippen molar-refractivity contribution in [3.8, 4) is 5.69 Å². The largest absolute Gasteiger partial charge is 0.430 e. The number of nitro benzene ring substituents is 1.